The van der Waals surface area contributed by atoms with Gasteiger partial charge in [0.2, 0.25) is 0 Å². The summed E-state index contributed by atoms with van der Waals surface area (Å²) in [4.78, 5) is 22.9. The average Bonchev–Trinajstić information content (AvgIpc) is 3.05. The van der Waals surface area contributed by atoms with Gasteiger partial charge in [0, 0.05) is 16.0 Å². The fourth-order valence-corrected chi connectivity index (χ4v) is 2.46. The van der Waals surface area contributed by atoms with Crippen LogP contribution < -0.4 is 10.2 Å². The van der Waals surface area contributed by atoms with Gasteiger partial charge in [-0.3, -0.25) is 14.9 Å². The summed E-state index contributed by atoms with van der Waals surface area (Å²) in [5.74, 6) is -0.557. The van der Waals surface area contributed by atoms with Crippen LogP contribution >= 0.6 is 22.9 Å². The number of halogens is 1. The van der Waals surface area contributed by atoms with E-state index in [1.54, 1.807) is 6.92 Å². The molecule has 0 fully saturated rings. The predicted molar refractivity (Wildman–Crippen MR) is 88.3 cm³/mol. The van der Waals surface area contributed by atoms with Crippen LogP contribution in [0.3, 0.4) is 0 Å². The SMILES string of the molecule is C/C(=N\NC(=O)COc1ccc(Cl)cc1[N+](=O)[O-])c1cccs1. The predicted octanol–water partition coefficient (Wildman–Crippen LogP) is 3.23. The summed E-state index contributed by atoms with van der Waals surface area (Å²) in [6.07, 6.45) is 0. The zero-order valence-corrected chi connectivity index (χ0v) is 13.6. The van der Waals surface area contributed by atoms with Crippen molar-refractivity contribution in [3.05, 3.63) is 55.7 Å². The molecule has 0 saturated carbocycles. The highest BCUT2D eigenvalue weighted by Crippen LogP contribution is 2.29. The van der Waals surface area contributed by atoms with Crippen molar-refractivity contribution in [3.63, 3.8) is 0 Å². The molecule has 2 aromatic rings. The molecular formula is C14H12ClN3O4S. The molecule has 1 heterocycles. The molecule has 0 aliphatic heterocycles. The van der Waals surface area contributed by atoms with Crippen molar-refractivity contribution in [2.24, 2.45) is 5.10 Å². The van der Waals surface area contributed by atoms with E-state index in [0.29, 0.717) is 5.71 Å². The van der Waals surface area contributed by atoms with Crippen LogP contribution in [-0.2, 0) is 4.79 Å². The van der Waals surface area contributed by atoms with Gasteiger partial charge >= 0.3 is 5.69 Å². The fourth-order valence-electron chi connectivity index (χ4n) is 1.62. The first-order valence-corrected chi connectivity index (χ1v) is 7.67. The number of nitrogens with zero attached hydrogens (tertiary/aromatic N) is 2. The van der Waals surface area contributed by atoms with Gasteiger partial charge in [-0.1, -0.05) is 17.7 Å². The van der Waals surface area contributed by atoms with Crippen molar-refractivity contribution < 1.29 is 14.5 Å². The summed E-state index contributed by atoms with van der Waals surface area (Å²) >= 11 is 7.20. The van der Waals surface area contributed by atoms with E-state index in [1.807, 2.05) is 17.5 Å². The van der Waals surface area contributed by atoms with E-state index in [4.69, 9.17) is 16.3 Å². The summed E-state index contributed by atoms with van der Waals surface area (Å²) in [6, 6.07) is 7.70. The van der Waals surface area contributed by atoms with Gasteiger partial charge in [0.25, 0.3) is 5.91 Å². The highest BCUT2D eigenvalue weighted by molar-refractivity contribution is 7.12. The van der Waals surface area contributed by atoms with Crippen LogP contribution in [0, 0.1) is 10.1 Å². The molecule has 1 aromatic heterocycles. The van der Waals surface area contributed by atoms with Crippen molar-refractivity contribution in [2.75, 3.05) is 6.61 Å². The van der Waals surface area contributed by atoms with E-state index in [0.717, 1.165) is 10.9 Å². The van der Waals surface area contributed by atoms with Gasteiger partial charge in [0.1, 0.15) is 0 Å². The number of thiophene rings is 1. The van der Waals surface area contributed by atoms with Gasteiger partial charge in [-0.05, 0) is 30.5 Å². The zero-order valence-electron chi connectivity index (χ0n) is 12.0. The first-order valence-electron chi connectivity index (χ1n) is 6.41. The van der Waals surface area contributed by atoms with E-state index in [2.05, 4.69) is 10.5 Å². The number of nitro benzene ring substituents is 1. The smallest absolute Gasteiger partial charge is 0.312 e. The topological polar surface area (TPSA) is 93.8 Å². The molecule has 0 spiro atoms. The molecule has 1 aromatic carbocycles. The van der Waals surface area contributed by atoms with Gasteiger partial charge in [-0.25, -0.2) is 5.43 Å². The van der Waals surface area contributed by atoms with E-state index in [-0.39, 0.29) is 16.5 Å². The monoisotopic (exact) mass is 353 g/mol. The first-order chi connectivity index (χ1) is 11.0. The number of nitro groups is 1. The Labute approximate surface area is 140 Å². The van der Waals surface area contributed by atoms with Gasteiger partial charge in [0.15, 0.2) is 12.4 Å². The minimum absolute atomic E-state index is 0.0338. The molecule has 0 saturated heterocycles. The van der Waals surface area contributed by atoms with Crippen LogP contribution in [0.5, 0.6) is 5.75 Å². The quantitative estimate of drug-likeness (QED) is 0.490. The van der Waals surface area contributed by atoms with Crippen LogP contribution in [0.15, 0.2) is 40.8 Å². The summed E-state index contributed by atoms with van der Waals surface area (Å²) in [5.41, 5.74) is 2.69. The molecule has 0 bridgehead atoms. The summed E-state index contributed by atoms with van der Waals surface area (Å²) in [6.45, 7) is 1.36. The van der Waals surface area contributed by atoms with Crippen LogP contribution in [0.2, 0.25) is 5.02 Å². The Morgan fingerprint density at radius 1 is 1.48 bits per heavy atom. The molecule has 0 aliphatic carbocycles. The number of nitrogens with one attached hydrogen (secondary N) is 1. The molecule has 7 nitrogen and oxygen atoms in total. The molecule has 9 heteroatoms. The lowest BCUT2D eigenvalue weighted by atomic mass is 10.3. The van der Waals surface area contributed by atoms with Crippen LogP contribution in [-0.4, -0.2) is 23.1 Å². The van der Waals surface area contributed by atoms with E-state index in [1.165, 1.54) is 23.5 Å². The van der Waals surface area contributed by atoms with Crippen LogP contribution in [0.1, 0.15) is 11.8 Å². The maximum atomic E-state index is 11.7. The van der Waals surface area contributed by atoms with Crippen molar-refractivity contribution >= 4 is 40.2 Å². The molecule has 1 amide bonds. The molecular weight excluding hydrogens is 342 g/mol. The third kappa shape index (κ3) is 4.76. The minimum atomic E-state index is -0.627. The number of carbonyl (C=O) groups is 1. The minimum Gasteiger partial charge on any atom is -0.477 e. The average molecular weight is 354 g/mol. The number of rotatable bonds is 6. The van der Waals surface area contributed by atoms with Crippen molar-refractivity contribution in [1.29, 1.82) is 0 Å². The van der Waals surface area contributed by atoms with Gasteiger partial charge in [0.05, 0.1) is 10.6 Å². The molecule has 1 N–H and O–H groups in total. The molecule has 0 aliphatic rings. The maximum absolute atomic E-state index is 11.7. The van der Waals surface area contributed by atoms with Crippen molar-refractivity contribution in [2.45, 2.75) is 6.92 Å². The molecule has 23 heavy (non-hydrogen) atoms. The van der Waals surface area contributed by atoms with E-state index in [9.17, 15) is 14.9 Å². The number of ether oxygens (including phenoxy) is 1. The first kappa shape index (κ1) is 16.9. The van der Waals surface area contributed by atoms with Gasteiger partial charge < -0.3 is 4.74 Å². The number of amides is 1. The normalized spacial score (nSPS) is 11.1. The largest absolute Gasteiger partial charge is 0.477 e. The Morgan fingerprint density at radius 3 is 2.91 bits per heavy atom. The Kier molecular flexibility index (Phi) is 5.67. The lowest BCUT2D eigenvalue weighted by Gasteiger charge is -2.06. The van der Waals surface area contributed by atoms with Crippen LogP contribution in [0.4, 0.5) is 5.69 Å². The number of hydrazone groups is 1. The molecule has 0 radical (unpaired) electrons. The number of hydrogen-bond acceptors (Lipinski definition) is 6. The van der Waals surface area contributed by atoms with E-state index >= 15 is 0 Å². The molecule has 0 unspecified atom stereocenters. The Balaban J connectivity index is 1.95. The van der Waals surface area contributed by atoms with Crippen molar-refractivity contribution in [1.82, 2.24) is 5.43 Å². The number of hydrogen-bond donors (Lipinski definition) is 1. The molecule has 2 rings (SSSR count). The lowest BCUT2D eigenvalue weighted by molar-refractivity contribution is -0.385. The zero-order chi connectivity index (χ0) is 16.8. The third-order valence-corrected chi connectivity index (χ3v) is 3.92. The molecule has 120 valence electrons. The van der Waals surface area contributed by atoms with E-state index < -0.39 is 17.4 Å². The number of carbonyl (C=O) groups excluding carboxylic acids is 1. The third-order valence-electron chi connectivity index (χ3n) is 2.70. The second-order valence-corrected chi connectivity index (χ2v) is 5.75. The van der Waals surface area contributed by atoms with Crippen molar-refractivity contribution in [3.8, 4) is 5.75 Å². The fraction of sp³-hybridized carbons (Fsp3) is 0.143. The molecule has 0 atom stereocenters. The van der Waals surface area contributed by atoms with Gasteiger partial charge in [-0.2, -0.15) is 5.10 Å². The summed E-state index contributed by atoms with van der Waals surface area (Å²) in [5, 5.41) is 17.0. The van der Waals surface area contributed by atoms with Crippen LogP contribution in [0.25, 0.3) is 0 Å². The van der Waals surface area contributed by atoms with Gasteiger partial charge in [-0.15, -0.1) is 11.3 Å². The Morgan fingerprint density at radius 2 is 2.26 bits per heavy atom. The second-order valence-electron chi connectivity index (χ2n) is 4.37. The standard InChI is InChI=1S/C14H12ClN3O4S/c1-9(13-3-2-6-23-13)16-17-14(19)8-22-12-5-4-10(15)7-11(12)18(20)21/h2-7H,8H2,1H3,(H,17,19)/b16-9+. The second kappa shape index (κ2) is 7.70. The summed E-state index contributed by atoms with van der Waals surface area (Å²) < 4.78 is 5.16. The Bertz CT molecular complexity index is 746. The highest BCUT2D eigenvalue weighted by atomic mass is 35.5. The summed E-state index contributed by atoms with van der Waals surface area (Å²) in [7, 11) is 0. The lowest BCUT2D eigenvalue weighted by Crippen LogP contribution is -2.25. The highest BCUT2D eigenvalue weighted by Gasteiger charge is 2.16. The number of benzene rings is 1. The maximum Gasteiger partial charge on any atom is 0.312 e. The Hall–Kier alpha value is -2.45.